The quantitative estimate of drug-likeness (QED) is 0.793. The zero-order valence-electron chi connectivity index (χ0n) is 7.23. The molecule has 0 spiro atoms. The molecule has 1 rings (SSSR count). The molecule has 0 aliphatic heterocycles. The molecule has 0 fully saturated rings. The van der Waals surface area contributed by atoms with Gasteiger partial charge >= 0.3 is 0 Å². The zero-order valence-corrected chi connectivity index (χ0v) is 8.81. The second-order valence-corrected chi connectivity index (χ2v) is 3.43. The molecule has 1 aromatic rings. The van der Waals surface area contributed by atoms with Crippen molar-refractivity contribution in [1.29, 1.82) is 0 Å². The SMILES string of the molecule is CCOc1cc(C)c(N)cc1Br. The molecule has 0 aromatic heterocycles. The van der Waals surface area contributed by atoms with Gasteiger partial charge in [-0.05, 0) is 47.5 Å². The van der Waals surface area contributed by atoms with Crippen LogP contribution in [0.3, 0.4) is 0 Å². The third kappa shape index (κ3) is 1.91. The molecule has 0 saturated carbocycles. The summed E-state index contributed by atoms with van der Waals surface area (Å²) in [5.41, 5.74) is 7.53. The molecule has 0 saturated heterocycles. The van der Waals surface area contributed by atoms with Crippen molar-refractivity contribution < 1.29 is 4.74 Å². The molecule has 0 heterocycles. The average Bonchev–Trinajstić information content (AvgIpc) is 2.01. The number of aryl methyl sites for hydroxylation is 1. The predicted molar refractivity (Wildman–Crippen MR) is 54.5 cm³/mol. The minimum absolute atomic E-state index is 0.669. The standard InChI is InChI=1S/C9H12BrNO/c1-3-12-9-4-6(2)8(11)5-7(9)10/h4-5H,3,11H2,1-2H3. The fourth-order valence-corrected chi connectivity index (χ4v) is 1.41. The zero-order chi connectivity index (χ0) is 9.14. The van der Waals surface area contributed by atoms with Gasteiger partial charge in [-0.2, -0.15) is 0 Å². The highest BCUT2D eigenvalue weighted by molar-refractivity contribution is 9.10. The highest BCUT2D eigenvalue weighted by Gasteiger charge is 2.02. The van der Waals surface area contributed by atoms with Gasteiger partial charge in [0.2, 0.25) is 0 Å². The largest absolute Gasteiger partial charge is 0.493 e. The minimum Gasteiger partial charge on any atom is -0.493 e. The van der Waals surface area contributed by atoms with Crippen molar-refractivity contribution in [3.8, 4) is 5.75 Å². The molecular formula is C9H12BrNO. The van der Waals surface area contributed by atoms with E-state index in [1.165, 1.54) is 0 Å². The van der Waals surface area contributed by atoms with Crippen LogP contribution >= 0.6 is 15.9 Å². The molecule has 0 bridgehead atoms. The van der Waals surface area contributed by atoms with Crippen molar-refractivity contribution in [2.24, 2.45) is 0 Å². The summed E-state index contributed by atoms with van der Waals surface area (Å²) in [4.78, 5) is 0. The van der Waals surface area contributed by atoms with Gasteiger partial charge in [0.25, 0.3) is 0 Å². The summed E-state index contributed by atoms with van der Waals surface area (Å²) < 4.78 is 6.28. The van der Waals surface area contributed by atoms with Gasteiger partial charge in [0.15, 0.2) is 0 Å². The number of nitrogens with two attached hydrogens (primary N) is 1. The van der Waals surface area contributed by atoms with Crippen molar-refractivity contribution >= 4 is 21.6 Å². The van der Waals surface area contributed by atoms with Gasteiger partial charge in [-0.3, -0.25) is 0 Å². The molecule has 0 unspecified atom stereocenters. The smallest absolute Gasteiger partial charge is 0.133 e. The van der Waals surface area contributed by atoms with Gasteiger partial charge in [0.1, 0.15) is 5.75 Å². The molecule has 12 heavy (non-hydrogen) atoms. The van der Waals surface area contributed by atoms with Gasteiger partial charge < -0.3 is 10.5 Å². The Hall–Kier alpha value is -0.700. The third-order valence-electron chi connectivity index (χ3n) is 1.62. The Kier molecular flexibility index (Phi) is 2.98. The first-order chi connectivity index (χ1) is 5.65. The van der Waals surface area contributed by atoms with Crippen molar-refractivity contribution in [3.63, 3.8) is 0 Å². The molecule has 0 radical (unpaired) electrons. The molecule has 2 nitrogen and oxygen atoms in total. The lowest BCUT2D eigenvalue weighted by molar-refractivity contribution is 0.338. The maximum atomic E-state index is 5.70. The van der Waals surface area contributed by atoms with Crippen LogP contribution in [0.15, 0.2) is 16.6 Å². The van der Waals surface area contributed by atoms with E-state index in [-0.39, 0.29) is 0 Å². The highest BCUT2D eigenvalue weighted by Crippen LogP contribution is 2.29. The third-order valence-corrected chi connectivity index (χ3v) is 2.24. The number of hydrogen-bond acceptors (Lipinski definition) is 2. The van der Waals surface area contributed by atoms with E-state index in [9.17, 15) is 0 Å². The Morgan fingerprint density at radius 2 is 2.17 bits per heavy atom. The summed E-state index contributed by atoms with van der Waals surface area (Å²) in [5, 5.41) is 0. The number of hydrogen-bond donors (Lipinski definition) is 1. The Morgan fingerprint density at radius 3 is 2.75 bits per heavy atom. The number of anilines is 1. The molecule has 2 N–H and O–H groups in total. The molecule has 0 atom stereocenters. The highest BCUT2D eigenvalue weighted by atomic mass is 79.9. The number of ether oxygens (including phenoxy) is 1. The van der Waals surface area contributed by atoms with Gasteiger partial charge in [-0.1, -0.05) is 0 Å². The van der Waals surface area contributed by atoms with E-state index in [4.69, 9.17) is 10.5 Å². The number of nitrogen functional groups attached to an aromatic ring is 1. The molecule has 0 aliphatic carbocycles. The summed E-state index contributed by atoms with van der Waals surface area (Å²) in [6, 6.07) is 3.79. The van der Waals surface area contributed by atoms with Crippen molar-refractivity contribution in [2.45, 2.75) is 13.8 Å². The summed E-state index contributed by atoms with van der Waals surface area (Å²) in [6.45, 7) is 4.59. The van der Waals surface area contributed by atoms with Crippen LogP contribution in [0, 0.1) is 6.92 Å². The van der Waals surface area contributed by atoms with E-state index >= 15 is 0 Å². The first-order valence-electron chi connectivity index (χ1n) is 3.83. The topological polar surface area (TPSA) is 35.2 Å². The van der Waals surface area contributed by atoms with E-state index in [1.807, 2.05) is 26.0 Å². The Morgan fingerprint density at radius 1 is 1.50 bits per heavy atom. The molecule has 1 aromatic carbocycles. The second-order valence-electron chi connectivity index (χ2n) is 2.57. The monoisotopic (exact) mass is 229 g/mol. The van der Waals surface area contributed by atoms with E-state index in [0.29, 0.717) is 6.61 Å². The fourth-order valence-electron chi connectivity index (χ4n) is 0.937. The molecule has 66 valence electrons. The van der Waals surface area contributed by atoms with Crippen LogP contribution in [-0.4, -0.2) is 6.61 Å². The van der Waals surface area contributed by atoms with E-state index in [2.05, 4.69) is 15.9 Å². The van der Waals surface area contributed by atoms with Crippen LogP contribution in [0.1, 0.15) is 12.5 Å². The molecular weight excluding hydrogens is 218 g/mol. The molecule has 0 aliphatic rings. The van der Waals surface area contributed by atoms with Crippen LogP contribution in [0.25, 0.3) is 0 Å². The van der Waals surface area contributed by atoms with Gasteiger partial charge in [-0.25, -0.2) is 0 Å². The van der Waals surface area contributed by atoms with Crippen molar-refractivity contribution in [3.05, 3.63) is 22.2 Å². The van der Waals surface area contributed by atoms with Gasteiger partial charge in [0, 0.05) is 5.69 Å². The number of halogens is 1. The summed E-state index contributed by atoms with van der Waals surface area (Å²) in [6.07, 6.45) is 0. The lowest BCUT2D eigenvalue weighted by Crippen LogP contribution is -1.95. The normalized spacial score (nSPS) is 9.92. The predicted octanol–water partition coefficient (Wildman–Crippen LogP) is 2.74. The molecule has 0 amide bonds. The summed E-state index contributed by atoms with van der Waals surface area (Å²) in [5.74, 6) is 0.851. The lowest BCUT2D eigenvalue weighted by atomic mass is 10.2. The summed E-state index contributed by atoms with van der Waals surface area (Å²) >= 11 is 3.38. The first-order valence-corrected chi connectivity index (χ1v) is 4.63. The van der Waals surface area contributed by atoms with Crippen LogP contribution in [0.4, 0.5) is 5.69 Å². The van der Waals surface area contributed by atoms with Gasteiger partial charge in [0.05, 0.1) is 11.1 Å². The summed E-state index contributed by atoms with van der Waals surface area (Å²) in [7, 11) is 0. The maximum Gasteiger partial charge on any atom is 0.133 e. The second kappa shape index (κ2) is 3.81. The average molecular weight is 230 g/mol. The van der Waals surface area contributed by atoms with Gasteiger partial charge in [-0.15, -0.1) is 0 Å². The first kappa shape index (κ1) is 9.39. The van der Waals surface area contributed by atoms with E-state index in [1.54, 1.807) is 0 Å². The minimum atomic E-state index is 0.669. The maximum absolute atomic E-state index is 5.70. The number of rotatable bonds is 2. The van der Waals surface area contributed by atoms with Crippen LogP contribution < -0.4 is 10.5 Å². The van der Waals surface area contributed by atoms with E-state index < -0.39 is 0 Å². The van der Waals surface area contributed by atoms with Crippen LogP contribution in [0.2, 0.25) is 0 Å². The van der Waals surface area contributed by atoms with Crippen LogP contribution in [0.5, 0.6) is 5.75 Å². The van der Waals surface area contributed by atoms with Crippen molar-refractivity contribution in [1.82, 2.24) is 0 Å². The fraction of sp³-hybridized carbons (Fsp3) is 0.333. The molecule has 3 heteroatoms. The number of benzene rings is 1. The lowest BCUT2D eigenvalue weighted by Gasteiger charge is -2.08. The Bertz CT molecular complexity index is 286. The van der Waals surface area contributed by atoms with Crippen molar-refractivity contribution in [2.75, 3.05) is 12.3 Å². The Balaban J connectivity index is 3.05. The van der Waals surface area contributed by atoms with E-state index in [0.717, 1.165) is 21.5 Å². The Labute approximate surface area is 80.8 Å². The van der Waals surface area contributed by atoms with Crippen LogP contribution in [-0.2, 0) is 0 Å².